The zero-order valence-corrected chi connectivity index (χ0v) is 15.4. The smallest absolute Gasteiger partial charge is 0.326 e. The number of methoxy groups -OCH3 is 1. The molecule has 9 heteroatoms. The first-order chi connectivity index (χ1) is 12.9. The van der Waals surface area contributed by atoms with E-state index in [0.29, 0.717) is 0 Å². The second kappa shape index (κ2) is 7.48. The highest BCUT2D eigenvalue weighted by molar-refractivity contribution is 6.05. The zero-order valence-electron chi connectivity index (χ0n) is 15.4. The van der Waals surface area contributed by atoms with E-state index in [1.165, 1.54) is 19.0 Å². The molecular formula is C18H21N5O4. The van der Waals surface area contributed by atoms with Crippen LogP contribution in [0.2, 0.25) is 0 Å². The number of carbonyl (C=O) groups is 3. The van der Waals surface area contributed by atoms with Crippen molar-refractivity contribution in [2.24, 2.45) is 0 Å². The number of hydrogen-bond acceptors (Lipinski definition) is 5. The molecule has 27 heavy (non-hydrogen) atoms. The first-order valence-electron chi connectivity index (χ1n) is 8.39. The van der Waals surface area contributed by atoms with Crippen molar-refractivity contribution < 1.29 is 19.1 Å². The molecule has 0 spiro atoms. The van der Waals surface area contributed by atoms with Gasteiger partial charge in [-0.25, -0.2) is 9.48 Å². The van der Waals surface area contributed by atoms with Crippen molar-refractivity contribution in [1.29, 1.82) is 0 Å². The van der Waals surface area contributed by atoms with E-state index in [1.54, 1.807) is 24.2 Å². The highest BCUT2D eigenvalue weighted by Crippen LogP contribution is 2.17. The molecule has 1 aromatic heterocycles. The Morgan fingerprint density at radius 1 is 1.30 bits per heavy atom. The van der Waals surface area contributed by atoms with Crippen molar-refractivity contribution in [3.05, 3.63) is 42.2 Å². The largest absolute Gasteiger partial charge is 0.497 e. The van der Waals surface area contributed by atoms with Crippen LogP contribution in [0.25, 0.3) is 5.69 Å². The number of nitrogens with one attached hydrogen (secondary N) is 1. The molecule has 3 rings (SSSR count). The summed E-state index contributed by atoms with van der Waals surface area (Å²) in [6.07, 6.45) is 3.39. The topological polar surface area (TPSA) is 96.8 Å². The molecule has 9 nitrogen and oxygen atoms in total. The zero-order chi connectivity index (χ0) is 19.6. The third-order valence-corrected chi connectivity index (χ3v) is 4.49. The molecule has 1 aromatic carbocycles. The van der Waals surface area contributed by atoms with Gasteiger partial charge < -0.3 is 15.0 Å². The maximum Gasteiger partial charge on any atom is 0.326 e. The van der Waals surface area contributed by atoms with Crippen LogP contribution in [0.1, 0.15) is 12.0 Å². The van der Waals surface area contributed by atoms with Crippen LogP contribution in [0, 0.1) is 0 Å². The summed E-state index contributed by atoms with van der Waals surface area (Å²) in [7, 11) is 4.52. The Balaban J connectivity index is 1.58. The monoisotopic (exact) mass is 371 g/mol. The first kappa shape index (κ1) is 18.4. The second-order valence-electron chi connectivity index (χ2n) is 6.28. The van der Waals surface area contributed by atoms with E-state index in [9.17, 15) is 14.4 Å². The lowest BCUT2D eigenvalue weighted by atomic mass is 10.2. The number of likely N-dealkylation sites (N-methyl/N-ethyl adjacent to an activating group) is 2. The molecule has 0 aliphatic carbocycles. The Morgan fingerprint density at radius 2 is 2.07 bits per heavy atom. The number of urea groups is 1. The van der Waals surface area contributed by atoms with E-state index in [2.05, 4.69) is 10.4 Å². The van der Waals surface area contributed by atoms with Crippen LogP contribution >= 0.6 is 0 Å². The fourth-order valence-corrected chi connectivity index (χ4v) is 2.87. The van der Waals surface area contributed by atoms with Crippen LogP contribution in [-0.2, 0) is 16.1 Å². The van der Waals surface area contributed by atoms with Gasteiger partial charge in [0.25, 0.3) is 5.91 Å². The Hall–Kier alpha value is -3.36. The van der Waals surface area contributed by atoms with Gasteiger partial charge in [-0.2, -0.15) is 5.10 Å². The van der Waals surface area contributed by atoms with Crippen molar-refractivity contribution in [1.82, 2.24) is 24.9 Å². The lowest BCUT2D eigenvalue weighted by Crippen LogP contribution is -2.37. The van der Waals surface area contributed by atoms with E-state index < -0.39 is 12.1 Å². The summed E-state index contributed by atoms with van der Waals surface area (Å²) in [5.74, 6) is 0.0450. The average molecular weight is 371 g/mol. The molecule has 0 saturated carbocycles. The second-order valence-corrected chi connectivity index (χ2v) is 6.28. The minimum absolute atomic E-state index is 0.0740. The van der Waals surface area contributed by atoms with E-state index in [4.69, 9.17) is 4.74 Å². The van der Waals surface area contributed by atoms with Gasteiger partial charge in [0.1, 0.15) is 11.8 Å². The standard InChI is InChI=1S/C18H21N5O4/c1-21-15(17(25)22(2)18(21)26)8-16(24)19-9-12-10-20-23(11-12)13-5-4-6-14(7-13)27-3/h4-7,10-11,15H,8-9H2,1-3H3,(H,19,24). The number of benzene rings is 1. The maximum atomic E-state index is 12.2. The van der Waals surface area contributed by atoms with E-state index >= 15 is 0 Å². The molecule has 1 aliphatic rings. The SMILES string of the molecule is COc1cccc(-n2cc(CNC(=O)CC3C(=O)N(C)C(=O)N3C)cn2)c1. The number of aromatic nitrogens is 2. The van der Waals surface area contributed by atoms with Crippen LogP contribution in [0.3, 0.4) is 0 Å². The highest BCUT2D eigenvalue weighted by Gasteiger charge is 2.41. The summed E-state index contributed by atoms with van der Waals surface area (Å²) in [6, 6.07) is 6.29. The molecule has 1 saturated heterocycles. The molecule has 1 atom stereocenters. The van der Waals surface area contributed by atoms with Crippen molar-refractivity contribution in [3.8, 4) is 11.4 Å². The summed E-state index contributed by atoms with van der Waals surface area (Å²) >= 11 is 0. The summed E-state index contributed by atoms with van der Waals surface area (Å²) in [5, 5.41) is 7.04. The number of carbonyl (C=O) groups excluding carboxylic acids is 3. The molecule has 0 radical (unpaired) electrons. The number of hydrogen-bond donors (Lipinski definition) is 1. The van der Waals surface area contributed by atoms with Gasteiger partial charge in [-0.3, -0.25) is 14.5 Å². The highest BCUT2D eigenvalue weighted by atomic mass is 16.5. The quantitative estimate of drug-likeness (QED) is 0.757. The lowest BCUT2D eigenvalue weighted by Gasteiger charge is -2.15. The normalized spacial score (nSPS) is 16.8. The van der Waals surface area contributed by atoms with E-state index in [0.717, 1.165) is 21.9 Å². The summed E-state index contributed by atoms with van der Waals surface area (Å²) in [6.45, 7) is 0.275. The minimum atomic E-state index is -0.762. The molecule has 142 valence electrons. The fourth-order valence-electron chi connectivity index (χ4n) is 2.87. The van der Waals surface area contributed by atoms with Crippen molar-refractivity contribution in [2.75, 3.05) is 21.2 Å². The number of imide groups is 1. The number of amides is 4. The van der Waals surface area contributed by atoms with Crippen molar-refractivity contribution >= 4 is 17.8 Å². The van der Waals surface area contributed by atoms with E-state index in [1.807, 2.05) is 24.3 Å². The fraction of sp³-hybridized carbons (Fsp3) is 0.333. The molecule has 1 aliphatic heterocycles. The molecule has 1 N–H and O–H groups in total. The molecule has 2 aromatic rings. The van der Waals surface area contributed by atoms with Crippen LogP contribution in [0.5, 0.6) is 5.75 Å². The van der Waals surface area contributed by atoms with Gasteiger partial charge in [0, 0.05) is 38.5 Å². The predicted molar refractivity (Wildman–Crippen MR) is 96.3 cm³/mol. The molecule has 4 amide bonds. The maximum absolute atomic E-state index is 12.2. The minimum Gasteiger partial charge on any atom is -0.497 e. The average Bonchev–Trinajstić information content (AvgIpc) is 3.23. The van der Waals surface area contributed by atoms with Crippen molar-refractivity contribution in [3.63, 3.8) is 0 Å². The van der Waals surface area contributed by atoms with Crippen molar-refractivity contribution in [2.45, 2.75) is 19.0 Å². The Labute approximate surface area is 156 Å². The Bertz CT molecular complexity index is 878. The van der Waals surface area contributed by atoms with E-state index in [-0.39, 0.29) is 24.8 Å². The van der Waals surface area contributed by atoms with Gasteiger partial charge in [-0.15, -0.1) is 0 Å². The molecule has 2 heterocycles. The molecular weight excluding hydrogens is 350 g/mol. The van der Waals surface area contributed by atoms with Gasteiger partial charge in [0.2, 0.25) is 5.91 Å². The van der Waals surface area contributed by atoms with Gasteiger partial charge in [0.05, 0.1) is 25.4 Å². The number of nitrogens with zero attached hydrogens (tertiary/aromatic N) is 4. The van der Waals surface area contributed by atoms with Crippen LogP contribution in [-0.4, -0.2) is 64.7 Å². The summed E-state index contributed by atoms with van der Waals surface area (Å²) < 4.78 is 6.89. The number of rotatable bonds is 6. The predicted octanol–water partition coefficient (Wildman–Crippen LogP) is 0.780. The lowest BCUT2D eigenvalue weighted by molar-refractivity contribution is -0.131. The summed E-state index contributed by atoms with van der Waals surface area (Å²) in [5.41, 5.74) is 1.65. The van der Waals surface area contributed by atoms with Gasteiger partial charge in [-0.05, 0) is 12.1 Å². The molecule has 0 bridgehead atoms. The first-order valence-corrected chi connectivity index (χ1v) is 8.39. The molecule has 1 fully saturated rings. The summed E-state index contributed by atoms with van der Waals surface area (Å²) in [4.78, 5) is 38.2. The Kier molecular flexibility index (Phi) is 5.11. The van der Waals surface area contributed by atoms with Gasteiger partial charge in [-0.1, -0.05) is 6.07 Å². The Morgan fingerprint density at radius 3 is 2.74 bits per heavy atom. The van der Waals surface area contributed by atoms with Gasteiger partial charge in [0.15, 0.2) is 0 Å². The van der Waals surface area contributed by atoms with Gasteiger partial charge >= 0.3 is 6.03 Å². The third-order valence-electron chi connectivity index (χ3n) is 4.49. The van der Waals surface area contributed by atoms with Crippen LogP contribution in [0.4, 0.5) is 4.79 Å². The van der Waals surface area contributed by atoms with Crippen LogP contribution < -0.4 is 10.1 Å². The number of ether oxygens (including phenoxy) is 1. The molecule has 1 unspecified atom stereocenters. The third kappa shape index (κ3) is 3.76. The van der Waals surface area contributed by atoms with Crippen LogP contribution in [0.15, 0.2) is 36.7 Å².